The van der Waals surface area contributed by atoms with E-state index in [0.29, 0.717) is 15.6 Å². The first kappa shape index (κ1) is 12.8. The minimum Gasteiger partial charge on any atom is -0.385 e. The van der Waals surface area contributed by atoms with E-state index < -0.39 is 5.60 Å². The fourth-order valence-corrected chi connectivity index (χ4v) is 1.77. The van der Waals surface area contributed by atoms with Gasteiger partial charge in [0.25, 0.3) is 0 Å². The van der Waals surface area contributed by atoms with Gasteiger partial charge in [0.15, 0.2) is 0 Å². The molecule has 0 bridgehead atoms. The van der Waals surface area contributed by atoms with E-state index in [2.05, 4.69) is 0 Å². The average molecular weight is 247 g/mol. The van der Waals surface area contributed by atoms with Gasteiger partial charge in [-0.05, 0) is 18.4 Å². The van der Waals surface area contributed by atoms with Crippen molar-refractivity contribution >= 4 is 23.2 Å². The van der Waals surface area contributed by atoms with Gasteiger partial charge in [-0.3, -0.25) is 0 Å². The van der Waals surface area contributed by atoms with E-state index >= 15 is 0 Å². The standard InChI is InChI=1S/C12H16Cl2O/c1-11(2,3)12(4,15)8-6-5-7-9(13)10(8)14/h5-7,15H,1-4H3. The number of hydrogen-bond donors (Lipinski definition) is 1. The Hall–Kier alpha value is -0.240. The van der Waals surface area contributed by atoms with E-state index in [4.69, 9.17) is 23.2 Å². The summed E-state index contributed by atoms with van der Waals surface area (Å²) in [5.41, 5.74) is -0.639. The molecule has 0 aliphatic carbocycles. The smallest absolute Gasteiger partial charge is 0.0931 e. The maximum absolute atomic E-state index is 10.5. The van der Waals surface area contributed by atoms with Crippen LogP contribution >= 0.6 is 23.2 Å². The van der Waals surface area contributed by atoms with E-state index in [0.717, 1.165) is 0 Å². The highest BCUT2D eigenvalue weighted by molar-refractivity contribution is 6.42. The summed E-state index contributed by atoms with van der Waals surface area (Å²) < 4.78 is 0. The quantitative estimate of drug-likeness (QED) is 0.786. The molecule has 0 aliphatic rings. The maximum atomic E-state index is 10.5. The summed E-state index contributed by atoms with van der Waals surface area (Å²) in [6.07, 6.45) is 0. The second-order valence-corrected chi connectivity index (χ2v) is 5.71. The summed E-state index contributed by atoms with van der Waals surface area (Å²) in [5, 5.41) is 11.4. The van der Waals surface area contributed by atoms with Crippen LogP contribution in [0.5, 0.6) is 0 Å². The van der Waals surface area contributed by atoms with Crippen molar-refractivity contribution in [3.05, 3.63) is 33.8 Å². The monoisotopic (exact) mass is 246 g/mol. The molecular weight excluding hydrogens is 231 g/mol. The molecule has 0 saturated carbocycles. The Morgan fingerprint density at radius 1 is 1.07 bits per heavy atom. The molecule has 0 amide bonds. The third kappa shape index (κ3) is 2.30. The average Bonchev–Trinajstić information content (AvgIpc) is 2.07. The van der Waals surface area contributed by atoms with E-state index in [9.17, 15) is 5.11 Å². The topological polar surface area (TPSA) is 20.2 Å². The minimum atomic E-state index is -1.00. The second kappa shape index (κ2) is 3.97. The van der Waals surface area contributed by atoms with Crippen LogP contribution in [0.3, 0.4) is 0 Å². The molecule has 1 aromatic rings. The molecule has 1 nitrogen and oxygen atoms in total. The molecule has 0 aromatic heterocycles. The van der Waals surface area contributed by atoms with E-state index in [1.165, 1.54) is 0 Å². The summed E-state index contributed by atoms with van der Waals surface area (Å²) in [5.74, 6) is 0. The van der Waals surface area contributed by atoms with Crippen molar-refractivity contribution in [3.63, 3.8) is 0 Å². The van der Waals surface area contributed by atoms with Crippen molar-refractivity contribution in [2.45, 2.75) is 33.3 Å². The van der Waals surface area contributed by atoms with E-state index in [1.807, 2.05) is 20.8 Å². The largest absolute Gasteiger partial charge is 0.385 e. The van der Waals surface area contributed by atoms with Crippen LogP contribution in [0.1, 0.15) is 33.3 Å². The van der Waals surface area contributed by atoms with Crippen molar-refractivity contribution in [2.24, 2.45) is 5.41 Å². The number of hydrogen-bond acceptors (Lipinski definition) is 1. The molecule has 1 N–H and O–H groups in total. The zero-order valence-electron chi connectivity index (χ0n) is 9.44. The first-order valence-corrected chi connectivity index (χ1v) is 5.60. The zero-order chi connectivity index (χ0) is 11.9. The number of rotatable bonds is 1. The Kier molecular flexibility index (Phi) is 3.39. The summed E-state index contributed by atoms with van der Waals surface area (Å²) in [6.45, 7) is 7.64. The molecule has 0 radical (unpaired) electrons. The summed E-state index contributed by atoms with van der Waals surface area (Å²) in [4.78, 5) is 0. The maximum Gasteiger partial charge on any atom is 0.0931 e. The summed E-state index contributed by atoms with van der Waals surface area (Å²) >= 11 is 12.0. The Bertz CT molecular complexity index is 364. The highest BCUT2D eigenvalue weighted by Gasteiger charge is 2.38. The number of aliphatic hydroxyl groups is 1. The molecule has 0 spiro atoms. The van der Waals surface area contributed by atoms with Gasteiger partial charge < -0.3 is 5.11 Å². The normalized spacial score (nSPS) is 16.2. The third-order valence-electron chi connectivity index (χ3n) is 2.94. The van der Waals surface area contributed by atoms with Crippen LogP contribution in [0.2, 0.25) is 10.0 Å². The van der Waals surface area contributed by atoms with Crippen molar-refractivity contribution in [3.8, 4) is 0 Å². The van der Waals surface area contributed by atoms with Gasteiger partial charge >= 0.3 is 0 Å². The van der Waals surface area contributed by atoms with Crippen LogP contribution in [-0.4, -0.2) is 5.11 Å². The fourth-order valence-electron chi connectivity index (χ4n) is 1.28. The van der Waals surface area contributed by atoms with Gasteiger partial charge in [0, 0.05) is 5.56 Å². The molecule has 0 fully saturated rings. The Morgan fingerprint density at radius 2 is 1.60 bits per heavy atom. The predicted octanol–water partition coefficient (Wildman–Crippen LogP) is 4.25. The van der Waals surface area contributed by atoms with Crippen LogP contribution in [0.25, 0.3) is 0 Å². The highest BCUT2D eigenvalue weighted by Crippen LogP contribution is 2.43. The lowest BCUT2D eigenvalue weighted by Gasteiger charge is -2.38. The molecule has 3 heteroatoms. The lowest BCUT2D eigenvalue weighted by Crippen LogP contribution is -2.37. The molecule has 0 heterocycles. The van der Waals surface area contributed by atoms with E-state index in [1.54, 1.807) is 25.1 Å². The van der Waals surface area contributed by atoms with Crippen LogP contribution in [0.4, 0.5) is 0 Å². The molecular formula is C12H16Cl2O. The van der Waals surface area contributed by atoms with Gasteiger partial charge in [-0.25, -0.2) is 0 Å². The van der Waals surface area contributed by atoms with Crippen LogP contribution < -0.4 is 0 Å². The lowest BCUT2D eigenvalue weighted by atomic mass is 9.73. The van der Waals surface area contributed by atoms with Crippen LogP contribution in [0, 0.1) is 5.41 Å². The Labute approximate surface area is 101 Å². The Balaban J connectivity index is 3.34. The Morgan fingerprint density at radius 3 is 2.07 bits per heavy atom. The molecule has 15 heavy (non-hydrogen) atoms. The highest BCUT2D eigenvalue weighted by atomic mass is 35.5. The second-order valence-electron chi connectivity index (χ2n) is 4.92. The molecule has 0 saturated heterocycles. The summed E-state index contributed by atoms with van der Waals surface area (Å²) in [7, 11) is 0. The molecule has 84 valence electrons. The third-order valence-corrected chi connectivity index (χ3v) is 3.76. The SMILES string of the molecule is CC(C)(C)C(C)(O)c1cccc(Cl)c1Cl. The van der Waals surface area contributed by atoms with Crippen molar-refractivity contribution in [2.75, 3.05) is 0 Å². The first-order chi connectivity index (χ1) is 6.68. The van der Waals surface area contributed by atoms with Crippen LogP contribution in [0.15, 0.2) is 18.2 Å². The lowest BCUT2D eigenvalue weighted by molar-refractivity contribution is -0.0469. The number of halogens is 2. The van der Waals surface area contributed by atoms with Crippen molar-refractivity contribution in [1.82, 2.24) is 0 Å². The zero-order valence-corrected chi connectivity index (χ0v) is 10.9. The molecule has 1 aromatic carbocycles. The predicted molar refractivity (Wildman–Crippen MR) is 65.5 cm³/mol. The van der Waals surface area contributed by atoms with Gasteiger partial charge in [0.05, 0.1) is 15.6 Å². The molecule has 1 atom stereocenters. The summed E-state index contributed by atoms with van der Waals surface area (Å²) in [6, 6.07) is 5.31. The molecule has 0 aliphatic heterocycles. The van der Waals surface area contributed by atoms with Gasteiger partial charge in [-0.2, -0.15) is 0 Å². The minimum absolute atomic E-state index is 0.304. The van der Waals surface area contributed by atoms with Gasteiger partial charge in [-0.15, -0.1) is 0 Å². The molecule has 1 unspecified atom stereocenters. The van der Waals surface area contributed by atoms with Gasteiger partial charge in [-0.1, -0.05) is 56.1 Å². The molecule has 1 rings (SSSR count). The first-order valence-electron chi connectivity index (χ1n) is 4.85. The van der Waals surface area contributed by atoms with Crippen molar-refractivity contribution < 1.29 is 5.11 Å². The van der Waals surface area contributed by atoms with E-state index in [-0.39, 0.29) is 5.41 Å². The fraction of sp³-hybridized carbons (Fsp3) is 0.500. The number of benzene rings is 1. The van der Waals surface area contributed by atoms with Gasteiger partial charge in [0.2, 0.25) is 0 Å². The van der Waals surface area contributed by atoms with Crippen molar-refractivity contribution in [1.29, 1.82) is 0 Å². The van der Waals surface area contributed by atoms with Gasteiger partial charge in [0.1, 0.15) is 0 Å². The van der Waals surface area contributed by atoms with Crippen LogP contribution in [-0.2, 0) is 5.60 Å².